The number of nitrogens with one attached hydrogen (secondary N) is 1. The third-order valence-corrected chi connectivity index (χ3v) is 1.46. The molecular weight excluding hydrogens is 168 g/mol. The van der Waals surface area contributed by atoms with E-state index in [4.69, 9.17) is 4.52 Å². The van der Waals surface area contributed by atoms with Gasteiger partial charge in [-0.05, 0) is 6.92 Å². The van der Waals surface area contributed by atoms with E-state index in [9.17, 15) is 4.79 Å². The van der Waals surface area contributed by atoms with Crippen LogP contribution in [0.15, 0.2) is 23.2 Å². The average molecular weight is 180 g/mol. The molecule has 4 nitrogen and oxygen atoms in total. The lowest BCUT2D eigenvalue weighted by atomic mass is 10.3. The summed E-state index contributed by atoms with van der Waals surface area (Å²) in [6.45, 7) is 5.77. The van der Waals surface area contributed by atoms with Gasteiger partial charge in [0.05, 0.1) is 12.1 Å². The van der Waals surface area contributed by atoms with Gasteiger partial charge in [0, 0.05) is 12.6 Å². The molecule has 1 N–H and O–H groups in total. The second-order valence-corrected chi connectivity index (χ2v) is 2.70. The minimum absolute atomic E-state index is 0.0757. The second kappa shape index (κ2) is 4.45. The Balaban J connectivity index is 2.40. The predicted octanol–water partition coefficient (Wildman–Crippen LogP) is 0.828. The van der Waals surface area contributed by atoms with Crippen molar-refractivity contribution < 1.29 is 9.32 Å². The van der Waals surface area contributed by atoms with Gasteiger partial charge in [-0.25, -0.2) is 0 Å². The summed E-state index contributed by atoms with van der Waals surface area (Å²) in [6.07, 6.45) is 1.89. The molecule has 1 heterocycles. The van der Waals surface area contributed by atoms with E-state index in [2.05, 4.69) is 17.1 Å². The lowest BCUT2D eigenvalue weighted by molar-refractivity contribution is -0.120. The van der Waals surface area contributed by atoms with E-state index < -0.39 is 0 Å². The van der Waals surface area contributed by atoms with Crippen molar-refractivity contribution in [2.45, 2.75) is 13.3 Å². The molecule has 4 heteroatoms. The maximum Gasteiger partial charge on any atom is 0.226 e. The van der Waals surface area contributed by atoms with Crippen molar-refractivity contribution in [3.63, 3.8) is 0 Å². The van der Waals surface area contributed by atoms with E-state index in [1.165, 1.54) is 0 Å². The summed E-state index contributed by atoms with van der Waals surface area (Å²) in [5, 5.41) is 6.35. The lowest BCUT2D eigenvalue weighted by Crippen LogP contribution is -2.24. The van der Waals surface area contributed by atoms with Gasteiger partial charge >= 0.3 is 0 Å². The summed E-state index contributed by atoms with van der Waals surface area (Å²) >= 11 is 0. The molecule has 0 bridgehead atoms. The maximum atomic E-state index is 11.1. The van der Waals surface area contributed by atoms with E-state index in [1.54, 1.807) is 19.1 Å². The minimum atomic E-state index is -0.0757. The van der Waals surface area contributed by atoms with Crippen molar-refractivity contribution in [2.24, 2.45) is 0 Å². The van der Waals surface area contributed by atoms with Gasteiger partial charge in [0.25, 0.3) is 0 Å². The van der Waals surface area contributed by atoms with Crippen molar-refractivity contribution in [3.8, 4) is 0 Å². The van der Waals surface area contributed by atoms with Crippen LogP contribution >= 0.6 is 0 Å². The first-order valence-electron chi connectivity index (χ1n) is 4.02. The molecule has 0 radical (unpaired) electrons. The highest BCUT2D eigenvalue weighted by Crippen LogP contribution is 2.01. The van der Waals surface area contributed by atoms with Gasteiger partial charge in [-0.1, -0.05) is 11.2 Å². The van der Waals surface area contributed by atoms with Crippen molar-refractivity contribution in [2.75, 3.05) is 6.54 Å². The number of carbonyl (C=O) groups excluding carboxylic acids is 1. The first kappa shape index (κ1) is 9.51. The largest absolute Gasteiger partial charge is 0.361 e. The fraction of sp³-hybridized carbons (Fsp3) is 0.333. The Morgan fingerprint density at radius 1 is 1.85 bits per heavy atom. The van der Waals surface area contributed by atoms with Crippen LogP contribution in [0.3, 0.4) is 0 Å². The molecule has 0 aliphatic rings. The van der Waals surface area contributed by atoms with Crippen LogP contribution in [0.4, 0.5) is 0 Å². The molecule has 1 amide bonds. The fourth-order valence-corrected chi connectivity index (χ4v) is 0.914. The molecule has 13 heavy (non-hydrogen) atoms. The molecule has 0 fully saturated rings. The van der Waals surface area contributed by atoms with Crippen molar-refractivity contribution in [1.82, 2.24) is 10.5 Å². The number of rotatable bonds is 4. The number of amides is 1. The van der Waals surface area contributed by atoms with Crippen LogP contribution < -0.4 is 5.32 Å². The monoisotopic (exact) mass is 180 g/mol. The van der Waals surface area contributed by atoms with Gasteiger partial charge in [-0.2, -0.15) is 0 Å². The van der Waals surface area contributed by atoms with Gasteiger partial charge in [0.2, 0.25) is 5.91 Å². The Labute approximate surface area is 76.6 Å². The Morgan fingerprint density at radius 2 is 2.62 bits per heavy atom. The number of hydrogen-bond acceptors (Lipinski definition) is 3. The van der Waals surface area contributed by atoms with E-state index in [1.807, 2.05) is 0 Å². The number of hydrogen-bond donors (Lipinski definition) is 1. The molecule has 0 aliphatic heterocycles. The third kappa shape index (κ3) is 3.11. The summed E-state index contributed by atoms with van der Waals surface area (Å²) in [4.78, 5) is 11.1. The van der Waals surface area contributed by atoms with Gasteiger partial charge < -0.3 is 9.84 Å². The lowest BCUT2D eigenvalue weighted by Gasteiger charge is -1.97. The third-order valence-electron chi connectivity index (χ3n) is 1.46. The normalized spacial score (nSPS) is 9.62. The molecule has 0 atom stereocenters. The van der Waals surface area contributed by atoms with Crippen LogP contribution in [0.1, 0.15) is 11.5 Å². The van der Waals surface area contributed by atoms with E-state index in [0.717, 1.165) is 0 Å². The second-order valence-electron chi connectivity index (χ2n) is 2.70. The minimum Gasteiger partial charge on any atom is -0.361 e. The molecule has 0 aliphatic carbocycles. The maximum absolute atomic E-state index is 11.1. The van der Waals surface area contributed by atoms with E-state index >= 15 is 0 Å². The summed E-state index contributed by atoms with van der Waals surface area (Å²) in [6, 6.07) is 1.74. The predicted molar refractivity (Wildman–Crippen MR) is 48.2 cm³/mol. The highest BCUT2D eigenvalue weighted by molar-refractivity contribution is 5.78. The smallest absolute Gasteiger partial charge is 0.226 e. The number of nitrogens with zero attached hydrogens (tertiary/aromatic N) is 1. The topological polar surface area (TPSA) is 55.1 Å². The quantitative estimate of drug-likeness (QED) is 0.698. The van der Waals surface area contributed by atoms with Gasteiger partial charge in [-0.3, -0.25) is 4.79 Å². The molecule has 1 rings (SSSR count). The zero-order valence-electron chi connectivity index (χ0n) is 7.54. The summed E-state index contributed by atoms with van der Waals surface area (Å²) in [5.41, 5.74) is 0.652. The molecule has 0 spiro atoms. The van der Waals surface area contributed by atoms with Crippen LogP contribution in [-0.2, 0) is 11.2 Å². The average Bonchev–Trinajstić information content (AvgIpc) is 2.48. The van der Waals surface area contributed by atoms with Crippen molar-refractivity contribution in [3.05, 3.63) is 30.2 Å². The molecule has 0 aromatic carbocycles. The molecular formula is C9H12N2O2. The number of aryl methyl sites for hydroxylation is 1. The van der Waals surface area contributed by atoms with Gasteiger partial charge in [-0.15, -0.1) is 6.58 Å². The zero-order valence-corrected chi connectivity index (χ0v) is 7.54. The van der Waals surface area contributed by atoms with E-state index in [0.29, 0.717) is 18.0 Å². The van der Waals surface area contributed by atoms with Crippen molar-refractivity contribution >= 4 is 5.91 Å². The van der Waals surface area contributed by atoms with E-state index in [-0.39, 0.29) is 12.3 Å². The number of aromatic nitrogens is 1. The van der Waals surface area contributed by atoms with Gasteiger partial charge in [0.15, 0.2) is 0 Å². The Morgan fingerprint density at radius 3 is 3.15 bits per heavy atom. The fourth-order valence-electron chi connectivity index (χ4n) is 0.914. The van der Waals surface area contributed by atoms with Gasteiger partial charge in [0.1, 0.15) is 5.76 Å². The summed E-state index contributed by atoms with van der Waals surface area (Å²) in [5.74, 6) is 0.639. The standard InChI is InChI=1S/C9H12N2O2/c1-3-4-10-9(12)6-8-5-7(2)13-11-8/h3,5H,1,4,6H2,2H3,(H,10,12). The van der Waals surface area contributed by atoms with Crippen LogP contribution in [0.25, 0.3) is 0 Å². The molecule has 70 valence electrons. The molecule has 1 aromatic rings. The first-order valence-corrected chi connectivity index (χ1v) is 4.02. The van der Waals surface area contributed by atoms with Crippen LogP contribution in [-0.4, -0.2) is 17.6 Å². The van der Waals surface area contributed by atoms with Crippen molar-refractivity contribution in [1.29, 1.82) is 0 Å². The molecule has 0 saturated heterocycles. The highest BCUT2D eigenvalue weighted by Gasteiger charge is 2.05. The molecule has 1 aromatic heterocycles. The van der Waals surface area contributed by atoms with Crippen LogP contribution in [0, 0.1) is 6.92 Å². The zero-order chi connectivity index (χ0) is 9.68. The first-order chi connectivity index (χ1) is 6.22. The Kier molecular flexibility index (Phi) is 3.25. The Bertz CT molecular complexity index is 304. The summed E-state index contributed by atoms with van der Waals surface area (Å²) < 4.78 is 4.82. The Hall–Kier alpha value is -1.58. The highest BCUT2D eigenvalue weighted by atomic mass is 16.5. The number of carbonyl (C=O) groups is 1. The summed E-state index contributed by atoms with van der Waals surface area (Å²) in [7, 11) is 0. The molecule has 0 unspecified atom stereocenters. The van der Waals surface area contributed by atoms with Crippen LogP contribution in [0.2, 0.25) is 0 Å². The van der Waals surface area contributed by atoms with Crippen LogP contribution in [0.5, 0.6) is 0 Å². The molecule has 0 saturated carbocycles. The SMILES string of the molecule is C=CCNC(=O)Cc1cc(C)on1.